The summed E-state index contributed by atoms with van der Waals surface area (Å²) in [4.78, 5) is 17.1. The number of nitrogens with one attached hydrogen (secondary N) is 1. The minimum absolute atomic E-state index is 0.176. The molecule has 1 amide bonds. The molecule has 0 saturated heterocycles. The minimum atomic E-state index is 0.176. The zero-order valence-electron chi connectivity index (χ0n) is 9.52. The molecule has 0 spiro atoms. The van der Waals surface area contributed by atoms with Crippen LogP contribution >= 0.6 is 0 Å². The van der Waals surface area contributed by atoms with Gasteiger partial charge in [0.2, 0.25) is 5.91 Å². The summed E-state index contributed by atoms with van der Waals surface area (Å²) in [6, 6.07) is 10.1. The number of hydrogen-bond donors (Lipinski definition) is 1. The maximum Gasteiger partial charge on any atom is 0.231 e. The number of rotatable bonds is 2. The molecule has 86 valence electrons. The summed E-state index contributed by atoms with van der Waals surface area (Å²) < 4.78 is 0. The second-order valence-electron chi connectivity index (χ2n) is 4.32. The number of nitrogens with zero attached hydrogens (tertiary/aromatic N) is 1. The Bertz CT molecular complexity index is 531. The molecule has 1 aromatic heterocycles. The number of benzene rings is 1. The number of carbonyl (C=O) groups excluding carboxylic acids is 1. The lowest BCUT2D eigenvalue weighted by Gasteiger charge is -2.16. The molecule has 0 saturated carbocycles. The van der Waals surface area contributed by atoms with Crippen LogP contribution in [0.15, 0.2) is 42.7 Å². The first-order chi connectivity index (χ1) is 8.34. The molecule has 3 rings (SSSR count). The molecule has 0 unspecified atom stereocenters. The van der Waals surface area contributed by atoms with E-state index in [-0.39, 0.29) is 5.91 Å². The summed E-state index contributed by atoms with van der Waals surface area (Å²) in [6.45, 7) is 0.808. The first-order valence-electron chi connectivity index (χ1n) is 5.84. The topological polar surface area (TPSA) is 36.1 Å². The van der Waals surface area contributed by atoms with Crippen LogP contribution in [0.25, 0.3) is 0 Å². The summed E-state index contributed by atoms with van der Waals surface area (Å²) in [7, 11) is 0. The van der Waals surface area contributed by atoms with Crippen molar-refractivity contribution >= 4 is 11.6 Å². The van der Waals surface area contributed by atoms with Gasteiger partial charge in [0.25, 0.3) is 0 Å². The van der Waals surface area contributed by atoms with Crippen LogP contribution in [-0.2, 0) is 17.6 Å². The third-order valence-corrected chi connectivity index (χ3v) is 3.21. The average molecular weight is 226 g/mol. The lowest BCUT2D eigenvalue weighted by Crippen LogP contribution is -2.30. The molecule has 0 fully saturated rings. The minimum Gasteiger partial charge on any atom is -0.367 e. The lowest BCUT2D eigenvalue weighted by atomic mass is 10.2. The summed E-state index contributed by atoms with van der Waals surface area (Å²) in [5.74, 6) is 0.176. The number of fused-ring (bicyclic) bond motifs is 1. The molecule has 2 heterocycles. The molecule has 1 aliphatic rings. The zero-order valence-corrected chi connectivity index (χ0v) is 9.52. The predicted octanol–water partition coefficient (Wildman–Crippen LogP) is 2.15. The Balaban J connectivity index is 1.80. The van der Waals surface area contributed by atoms with E-state index >= 15 is 0 Å². The zero-order chi connectivity index (χ0) is 11.7. The molecule has 0 radical (unpaired) electrons. The smallest absolute Gasteiger partial charge is 0.231 e. The molecule has 0 atom stereocenters. The van der Waals surface area contributed by atoms with Crippen LogP contribution in [0.1, 0.15) is 11.1 Å². The quantitative estimate of drug-likeness (QED) is 0.836. The third kappa shape index (κ3) is 1.84. The van der Waals surface area contributed by atoms with Crippen LogP contribution in [-0.4, -0.2) is 17.4 Å². The fourth-order valence-electron chi connectivity index (χ4n) is 2.34. The van der Waals surface area contributed by atoms with E-state index in [2.05, 4.69) is 11.1 Å². The molecule has 17 heavy (non-hydrogen) atoms. The molecule has 1 N–H and O–H groups in total. The SMILES string of the molecule is O=C(Cc1cc[nH]c1)N1CCc2ccccc21. The van der Waals surface area contributed by atoms with Gasteiger partial charge in [-0.1, -0.05) is 18.2 Å². The number of H-pyrrole nitrogens is 1. The number of aromatic amines is 1. The summed E-state index contributed by atoms with van der Waals surface area (Å²) in [5.41, 5.74) is 3.39. The van der Waals surface area contributed by atoms with E-state index in [1.807, 2.05) is 41.6 Å². The fraction of sp³-hybridized carbons (Fsp3) is 0.214. The molecule has 0 bridgehead atoms. The second kappa shape index (κ2) is 4.09. The van der Waals surface area contributed by atoms with Crippen molar-refractivity contribution in [3.05, 3.63) is 53.9 Å². The molecule has 0 aliphatic carbocycles. The summed E-state index contributed by atoms with van der Waals surface area (Å²) in [5, 5.41) is 0. The number of anilines is 1. The van der Waals surface area contributed by atoms with Crippen molar-refractivity contribution in [2.75, 3.05) is 11.4 Å². The van der Waals surface area contributed by atoms with Gasteiger partial charge in [0.15, 0.2) is 0 Å². The van der Waals surface area contributed by atoms with Gasteiger partial charge in [-0.25, -0.2) is 0 Å². The van der Waals surface area contributed by atoms with E-state index in [1.165, 1.54) is 5.56 Å². The molecule has 3 nitrogen and oxygen atoms in total. The maximum absolute atomic E-state index is 12.2. The van der Waals surface area contributed by atoms with Crippen LogP contribution in [0.5, 0.6) is 0 Å². The number of aromatic nitrogens is 1. The Kier molecular flexibility index (Phi) is 2.44. The Morgan fingerprint density at radius 2 is 2.18 bits per heavy atom. The maximum atomic E-state index is 12.2. The Morgan fingerprint density at radius 1 is 1.29 bits per heavy atom. The molecule has 1 aromatic carbocycles. The van der Waals surface area contributed by atoms with Gasteiger partial charge in [-0.15, -0.1) is 0 Å². The number of hydrogen-bond acceptors (Lipinski definition) is 1. The summed E-state index contributed by atoms with van der Waals surface area (Å²) in [6.07, 6.45) is 5.16. The molecule has 3 heteroatoms. The first-order valence-corrected chi connectivity index (χ1v) is 5.84. The Hall–Kier alpha value is -2.03. The lowest BCUT2D eigenvalue weighted by molar-refractivity contribution is -0.117. The van der Waals surface area contributed by atoms with Gasteiger partial charge < -0.3 is 9.88 Å². The highest BCUT2D eigenvalue weighted by Gasteiger charge is 2.23. The van der Waals surface area contributed by atoms with Crippen LogP contribution in [0.2, 0.25) is 0 Å². The average Bonchev–Trinajstić information content (AvgIpc) is 2.96. The van der Waals surface area contributed by atoms with Crippen molar-refractivity contribution in [1.82, 2.24) is 4.98 Å². The molecule has 1 aliphatic heterocycles. The van der Waals surface area contributed by atoms with Gasteiger partial charge in [-0.2, -0.15) is 0 Å². The van der Waals surface area contributed by atoms with Crippen molar-refractivity contribution in [3.8, 4) is 0 Å². The summed E-state index contributed by atoms with van der Waals surface area (Å²) >= 11 is 0. The van der Waals surface area contributed by atoms with Crippen LogP contribution in [0.3, 0.4) is 0 Å². The highest BCUT2D eigenvalue weighted by molar-refractivity contribution is 5.96. The van der Waals surface area contributed by atoms with Crippen molar-refractivity contribution in [2.45, 2.75) is 12.8 Å². The van der Waals surface area contributed by atoms with E-state index in [0.717, 1.165) is 24.2 Å². The van der Waals surface area contributed by atoms with E-state index in [0.29, 0.717) is 6.42 Å². The van der Waals surface area contributed by atoms with Crippen LogP contribution in [0, 0.1) is 0 Å². The molecular formula is C14H14N2O. The highest BCUT2D eigenvalue weighted by Crippen LogP contribution is 2.27. The molecule has 2 aromatic rings. The van der Waals surface area contributed by atoms with Gasteiger partial charge in [-0.05, 0) is 29.7 Å². The van der Waals surface area contributed by atoms with Crippen molar-refractivity contribution in [3.63, 3.8) is 0 Å². The van der Waals surface area contributed by atoms with E-state index in [9.17, 15) is 4.79 Å². The normalized spacial score (nSPS) is 13.8. The number of amides is 1. The van der Waals surface area contributed by atoms with E-state index < -0.39 is 0 Å². The third-order valence-electron chi connectivity index (χ3n) is 3.21. The van der Waals surface area contributed by atoms with Gasteiger partial charge in [-0.3, -0.25) is 4.79 Å². The standard InChI is InChI=1S/C14H14N2O/c17-14(9-11-5-7-15-10-11)16-8-6-12-3-1-2-4-13(12)16/h1-5,7,10,15H,6,8-9H2. The van der Waals surface area contributed by atoms with Gasteiger partial charge in [0.1, 0.15) is 0 Å². The first kappa shape index (κ1) is 10.1. The van der Waals surface area contributed by atoms with Gasteiger partial charge in [0, 0.05) is 24.6 Å². The van der Waals surface area contributed by atoms with Crippen LogP contribution in [0.4, 0.5) is 5.69 Å². The highest BCUT2D eigenvalue weighted by atomic mass is 16.2. The van der Waals surface area contributed by atoms with Gasteiger partial charge >= 0.3 is 0 Å². The van der Waals surface area contributed by atoms with Gasteiger partial charge in [0.05, 0.1) is 6.42 Å². The van der Waals surface area contributed by atoms with E-state index in [1.54, 1.807) is 0 Å². The van der Waals surface area contributed by atoms with Crippen molar-refractivity contribution in [2.24, 2.45) is 0 Å². The van der Waals surface area contributed by atoms with E-state index in [4.69, 9.17) is 0 Å². The second-order valence-corrected chi connectivity index (χ2v) is 4.32. The largest absolute Gasteiger partial charge is 0.367 e. The molecular weight excluding hydrogens is 212 g/mol. The number of carbonyl (C=O) groups is 1. The Morgan fingerprint density at radius 3 is 3.00 bits per heavy atom. The monoisotopic (exact) mass is 226 g/mol. The predicted molar refractivity (Wildman–Crippen MR) is 67.0 cm³/mol. The van der Waals surface area contributed by atoms with Crippen LogP contribution < -0.4 is 4.90 Å². The van der Waals surface area contributed by atoms with Crippen molar-refractivity contribution < 1.29 is 4.79 Å². The van der Waals surface area contributed by atoms with Crippen molar-refractivity contribution in [1.29, 1.82) is 0 Å². The Labute approximate surface area is 100 Å². The number of para-hydroxylation sites is 1. The fourth-order valence-corrected chi connectivity index (χ4v) is 2.34.